The second-order valence-electron chi connectivity index (χ2n) is 4.55. The molecule has 2 amide bonds. The molecular formula is C14H8IN3O5. The third kappa shape index (κ3) is 2.95. The van der Waals surface area contributed by atoms with Crippen LogP contribution in [0.25, 0.3) is 6.08 Å². The maximum absolute atomic E-state index is 12.3. The molecule has 3 rings (SSSR count). The van der Waals surface area contributed by atoms with Crippen LogP contribution in [0.15, 0.2) is 46.4 Å². The average molecular weight is 425 g/mol. The number of halogens is 1. The molecule has 1 aliphatic rings. The van der Waals surface area contributed by atoms with Crippen LogP contribution in [0.1, 0.15) is 5.76 Å². The van der Waals surface area contributed by atoms with Crippen LogP contribution in [0.5, 0.6) is 0 Å². The highest BCUT2D eigenvalue weighted by atomic mass is 127. The van der Waals surface area contributed by atoms with E-state index < -0.39 is 22.6 Å². The van der Waals surface area contributed by atoms with E-state index >= 15 is 0 Å². The average Bonchev–Trinajstić information content (AvgIpc) is 3.09. The van der Waals surface area contributed by atoms with Crippen LogP contribution in [0.3, 0.4) is 0 Å². The molecular weight excluding hydrogens is 417 g/mol. The Morgan fingerprint density at radius 1 is 1.17 bits per heavy atom. The summed E-state index contributed by atoms with van der Waals surface area (Å²) in [7, 11) is 0. The van der Waals surface area contributed by atoms with Crippen LogP contribution in [0.4, 0.5) is 11.6 Å². The van der Waals surface area contributed by atoms with Crippen LogP contribution in [-0.2, 0) is 9.59 Å². The van der Waals surface area contributed by atoms with Gasteiger partial charge in [-0.3, -0.25) is 25.1 Å². The van der Waals surface area contributed by atoms with Gasteiger partial charge in [-0.15, -0.1) is 0 Å². The number of carbonyl (C=O) groups excluding carboxylic acids is 2. The Labute approximate surface area is 143 Å². The summed E-state index contributed by atoms with van der Waals surface area (Å²) in [6, 6.07) is 9.46. The number of anilines is 1. The van der Waals surface area contributed by atoms with Gasteiger partial charge in [-0.05, 0) is 59.0 Å². The van der Waals surface area contributed by atoms with Gasteiger partial charge in [0, 0.05) is 3.57 Å². The van der Waals surface area contributed by atoms with E-state index in [0.29, 0.717) is 5.69 Å². The first-order chi connectivity index (χ1) is 11.0. The molecule has 1 saturated heterocycles. The number of furan rings is 1. The third-order valence-corrected chi connectivity index (χ3v) is 3.77. The quantitative estimate of drug-likeness (QED) is 0.267. The third-order valence-electron chi connectivity index (χ3n) is 3.06. The SMILES string of the molecule is O=C1NN(c2ccc(I)cc2)C(=O)C1=Cc1ccc([N+](=O)[O-])o1. The number of nitro groups is 1. The summed E-state index contributed by atoms with van der Waals surface area (Å²) in [6.07, 6.45) is 1.18. The lowest BCUT2D eigenvalue weighted by Crippen LogP contribution is -2.35. The summed E-state index contributed by atoms with van der Waals surface area (Å²) >= 11 is 2.13. The van der Waals surface area contributed by atoms with E-state index in [2.05, 4.69) is 28.0 Å². The molecule has 1 aromatic carbocycles. The molecule has 0 atom stereocenters. The highest BCUT2D eigenvalue weighted by molar-refractivity contribution is 14.1. The van der Waals surface area contributed by atoms with E-state index in [-0.39, 0.29) is 11.3 Å². The van der Waals surface area contributed by atoms with Crippen molar-refractivity contribution in [3.05, 3.63) is 61.4 Å². The summed E-state index contributed by atoms with van der Waals surface area (Å²) in [5.74, 6) is -1.57. The van der Waals surface area contributed by atoms with Crippen molar-refractivity contribution in [3.8, 4) is 0 Å². The molecule has 116 valence electrons. The Kier molecular flexibility index (Phi) is 3.86. The van der Waals surface area contributed by atoms with E-state index in [1.165, 1.54) is 12.1 Å². The second-order valence-corrected chi connectivity index (χ2v) is 5.79. The molecule has 0 bridgehead atoms. The van der Waals surface area contributed by atoms with Gasteiger partial charge in [0.05, 0.1) is 11.8 Å². The summed E-state index contributed by atoms with van der Waals surface area (Å²) in [5, 5.41) is 11.7. The lowest BCUT2D eigenvalue weighted by atomic mass is 10.2. The van der Waals surface area contributed by atoms with E-state index in [1.807, 2.05) is 0 Å². The van der Waals surface area contributed by atoms with Gasteiger partial charge in [0.15, 0.2) is 0 Å². The van der Waals surface area contributed by atoms with E-state index in [4.69, 9.17) is 4.42 Å². The molecule has 0 spiro atoms. The predicted octanol–water partition coefficient (Wildman–Crippen LogP) is 2.25. The van der Waals surface area contributed by atoms with Crippen LogP contribution < -0.4 is 10.4 Å². The fourth-order valence-electron chi connectivity index (χ4n) is 1.99. The zero-order valence-electron chi connectivity index (χ0n) is 11.4. The zero-order chi connectivity index (χ0) is 16.6. The minimum absolute atomic E-state index is 0.0552. The molecule has 1 aromatic heterocycles. The van der Waals surface area contributed by atoms with E-state index in [9.17, 15) is 19.7 Å². The topological polar surface area (TPSA) is 106 Å². The van der Waals surface area contributed by atoms with Crippen molar-refractivity contribution in [2.75, 3.05) is 5.01 Å². The molecule has 23 heavy (non-hydrogen) atoms. The number of nitrogens with zero attached hydrogens (tertiary/aromatic N) is 2. The first-order valence-corrected chi connectivity index (χ1v) is 7.40. The minimum atomic E-state index is -0.698. The summed E-state index contributed by atoms with van der Waals surface area (Å²) < 4.78 is 5.92. The summed E-state index contributed by atoms with van der Waals surface area (Å²) in [5.41, 5.74) is 2.79. The Bertz CT molecular complexity index is 840. The fraction of sp³-hybridized carbons (Fsp3) is 0. The molecule has 2 aromatic rings. The minimum Gasteiger partial charge on any atom is -0.401 e. The Hall–Kier alpha value is -2.69. The number of hydrazine groups is 1. The smallest absolute Gasteiger partial charge is 0.401 e. The van der Waals surface area contributed by atoms with Gasteiger partial charge in [-0.25, -0.2) is 5.01 Å². The van der Waals surface area contributed by atoms with E-state index in [0.717, 1.165) is 14.6 Å². The van der Waals surface area contributed by atoms with Crippen LogP contribution >= 0.6 is 22.6 Å². The Morgan fingerprint density at radius 3 is 2.48 bits per heavy atom. The first-order valence-electron chi connectivity index (χ1n) is 6.32. The number of nitrogens with one attached hydrogen (secondary N) is 1. The van der Waals surface area contributed by atoms with Crippen molar-refractivity contribution in [3.63, 3.8) is 0 Å². The Morgan fingerprint density at radius 2 is 1.87 bits per heavy atom. The lowest BCUT2D eigenvalue weighted by Gasteiger charge is -2.14. The molecule has 9 heteroatoms. The fourth-order valence-corrected chi connectivity index (χ4v) is 2.35. The van der Waals surface area contributed by atoms with Crippen molar-refractivity contribution in [1.82, 2.24) is 5.43 Å². The highest BCUT2D eigenvalue weighted by Crippen LogP contribution is 2.24. The standard InChI is InChI=1S/C14H8IN3O5/c15-8-1-3-9(4-2-8)17-14(20)11(13(19)16-17)7-10-5-6-12(23-10)18(21)22/h1-7H,(H,16,19). The number of carbonyl (C=O) groups is 2. The Balaban J connectivity index is 1.90. The van der Waals surface area contributed by atoms with Crippen molar-refractivity contribution < 1.29 is 18.9 Å². The van der Waals surface area contributed by atoms with Gasteiger partial charge in [0.2, 0.25) is 0 Å². The highest BCUT2D eigenvalue weighted by Gasteiger charge is 2.34. The predicted molar refractivity (Wildman–Crippen MR) is 88.1 cm³/mol. The van der Waals surface area contributed by atoms with Crippen molar-refractivity contribution in [1.29, 1.82) is 0 Å². The van der Waals surface area contributed by atoms with Gasteiger partial charge in [0.1, 0.15) is 16.3 Å². The molecule has 1 aliphatic heterocycles. The number of benzene rings is 1. The maximum Gasteiger partial charge on any atom is 0.433 e. The number of amides is 2. The maximum atomic E-state index is 12.3. The van der Waals surface area contributed by atoms with Gasteiger partial charge in [-0.1, -0.05) is 0 Å². The number of hydrogen-bond donors (Lipinski definition) is 1. The molecule has 0 saturated carbocycles. The van der Waals surface area contributed by atoms with Gasteiger partial charge in [0.25, 0.3) is 11.8 Å². The van der Waals surface area contributed by atoms with Crippen molar-refractivity contribution in [2.45, 2.75) is 0 Å². The van der Waals surface area contributed by atoms with Gasteiger partial charge in [-0.2, -0.15) is 0 Å². The van der Waals surface area contributed by atoms with Crippen LogP contribution in [0, 0.1) is 13.7 Å². The molecule has 1 fully saturated rings. The number of rotatable bonds is 3. The lowest BCUT2D eigenvalue weighted by molar-refractivity contribution is -0.402. The van der Waals surface area contributed by atoms with Crippen molar-refractivity contribution >= 4 is 52.1 Å². The first kappa shape index (κ1) is 15.2. The van der Waals surface area contributed by atoms with Gasteiger partial charge < -0.3 is 4.42 Å². The molecule has 0 unspecified atom stereocenters. The van der Waals surface area contributed by atoms with Crippen molar-refractivity contribution in [2.24, 2.45) is 0 Å². The van der Waals surface area contributed by atoms with E-state index in [1.54, 1.807) is 24.3 Å². The molecule has 0 radical (unpaired) electrons. The van der Waals surface area contributed by atoms with Gasteiger partial charge >= 0.3 is 5.88 Å². The van der Waals surface area contributed by atoms with Crippen LogP contribution in [0.2, 0.25) is 0 Å². The second kappa shape index (κ2) is 5.83. The number of hydrogen-bond acceptors (Lipinski definition) is 5. The summed E-state index contributed by atoms with van der Waals surface area (Å²) in [4.78, 5) is 34.2. The molecule has 0 aliphatic carbocycles. The monoisotopic (exact) mass is 425 g/mol. The molecule has 1 N–H and O–H groups in total. The molecule has 2 heterocycles. The summed E-state index contributed by atoms with van der Waals surface area (Å²) in [6.45, 7) is 0. The molecule has 8 nitrogen and oxygen atoms in total. The zero-order valence-corrected chi connectivity index (χ0v) is 13.5. The normalized spacial score (nSPS) is 16.0. The largest absolute Gasteiger partial charge is 0.433 e. The van der Waals surface area contributed by atoms with Crippen LogP contribution in [-0.4, -0.2) is 16.7 Å².